The van der Waals surface area contributed by atoms with Gasteiger partial charge in [-0.3, -0.25) is 4.79 Å². The van der Waals surface area contributed by atoms with Crippen LogP contribution < -0.4 is 10.1 Å². The van der Waals surface area contributed by atoms with Gasteiger partial charge < -0.3 is 19.5 Å². The molecule has 0 radical (unpaired) electrons. The summed E-state index contributed by atoms with van der Waals surface area (Å²) < 4.78 is 16.9. The SMILES string of the molecule is CCOC(=O)c1cc(NC(=O)C2(OCC)CCCC(C)C2)ccc1OCC(C)C. The number of rotatable bonds is 9. The first kappa shape index (κ1) is 23.2. The van der Waals surface area contributed by atoms with E-state index in [0.717, 1.165) is 12.8 Å². The monoisotopic (exact) mass is 405 g/mol. The van der Waals surface area contributed by atoms with Crippen LogP contribution in [0.1, 0.15) is 70.7 Å². The van der Waals surface area contributed by atoms with Crippen molar-refractivity contribution >= 4 is 17.6 Å². The Morgan fingerprint density at radius 2 is 2.00 bits per heavy atom. The molecule has 2 rings (SSSR count). The molecule has 6 nitrogen and oxygen atoms in total. The first-order valence-electron chi connectivity index (χ1n) is 10.7. The van der Waals surface area contributed by atoms with E-state index in [1.165, 1.54) is 0 Å². The van der Waals surface area contributed by atoms with Gasteiger partial charge in [0.25, 0.3) is 5.91 Å². The van der Waals surface area contributed by atoms with Crippen molar-refractivity contribution in [1.82, 2.24) is 0 Å². The van der Waals surface area contributed by atoms with Gasteiger partial charge in [0.15, 0.2) is 0 Å². The summed E-state index contributed by atoms with van der Waals surface area (Å²) in [7, 11) is 0. The molecule has 6 heteroatoms. The van der Waals surface area contributed by atoms with Gasteiger partial charge in [0.1, 0.15) is 16.9 Å². The Hall–Kier alpha value is -2.08. The molecule has 0 saturated heterocycles. The van der Waals surface area contributed by atoms with Crippen LogP contribution in [0.5, 0.6) is 5.75 Å². The molecule has 0 bridgehead atoms. The predicted octanol–water partition coefficient (Wildman–Crippen LogP) is 4.82. The van der Waals surface area contributed by atoms with E-state index < -0.39 is 11.6 Å². The van der Waals surface area contributed by atoms with E-state index in [2.05, 4.69) is 12.2 Å². The lowest BCUT2D eigenvalue weighted by atomic mass is 9.78. The Morgan fingerprint density at radius 1 is 1.24 bits per heavy atom. The highest BCUT2D eigenvalue weighted by molar-refractivity contribution is 5.99. The van der Waals surface area contributed by atoms with Crippen molar-refractivity contribution in [2.75, 3.05) is 25.1 Å². The predicted molar refractivity (Wildman–Crippen MR) is 113 cm³/mol. The summed E-state index contributed by atoms with van der Waals surface area (Å²) in [5.41, 5.74) is 0.0311. The lowest BCUT2D eigenvalue weighted by Gasteiger charge is -2.38. The van der Waals surface area contributed by atoms with E-state index in [1.54, 1.807) is 25.1 Å². The number of benzene rings is 1. The number of nitrogens with one attached hydrogen (secondary N) is 1. The summed E-state index contributed by atoms with van der Waals surface area (Å²) in [6.45, 7) is 11.1. The first-order valence-corrected chi connectivity index (χ1v) is 10.7. The number of esters is 1. The van der Waals surface area contributed by atoms with Crippen LogP contribution in [0, 0.1) is 11.8 Å². The summed E-state index contributed by atoms with van der Waals surface area (Å²) in [5, 5.41) is 2.96. The molecule has 2 unspecified atom stereocenters. The van der Waals surface area contributed by atoms with Crippen molar-refractivity contribution in [1.29, 1.82) is 0 Å². The maximum atomic E-state index is 13.1. The van der Waals surface area contributed by atoms with Crippen LogP contribution in [0.4, 0.5) is 5.69 Å². The van der Waals surface area contributed by atoms with Gasteiger partial charge in [-0.05, 0) is 63.1 Å². The van der Waals surface area contributed by atoms with Gasteiger partial charge in [0, 0.05) is 12.3 Å². The molecule has 1 N–H and O–H groups in total. The van der Waals surface area contributed by atoms with E-state index in [-0.39, 0.29) is 12.5 Å². The quantitative estimate of drug-likeness (QED) is 0.596. The third-order valence-electron chi connectivity index (χ3n) is 5.10. The lowest BCUT2D eigenvalue weighted by Crippen LogP contribution is -2.48. The van der Waals surface area contributed by atoms with Gasteiger partial charge in [-0.15, -0.1) is 0 Å². The van der Waals surface area contributed by atoms with Crippen LogP contribution in [0.3, 0.4) is 0 Å². The van der Waals surface area contributed by atoms with Gasteiger partial charge in [-0.1, -0.05) is 27.2 Å². The highest BCUT2D eigenvalue weighted by Gasteiger charge is 2.42. The molecule has 0 heterocycles. The van der Waals surface area contributed by atoms with Crippen LogP contribution in [0.2, 0.25) is 0 Å². The zero-order valence-electron chi connectivity index (χ0n) is 18.4. The number of carbonyl (C=O) groups is 2. The average Bonchev–Trinajstić information content (AvgIpc) is 2.67. The summed E-state index contributed by atoms with van der Waals surface area (Å²) in [4.78, 5) is 25.6. The first-order chi connectivity index (χ1) is 13.8. The van der Waals surface area contributed by atoms with Gasteiger partial charge >= 0.3 is 5.97 Å². The largest absolute Gasteiger partial charge is 0.492 e. The van der Waals surface area contributed by atoms with Crippen molar-refractivity contribution < 1.29 is 23.8 Å². The minimum absolute atomic E-state index is 0.156. The van der Waals surface area contributed by atoms with Crippen LogP contribution in [0.15, 0.2) is 18.2 Å². The van der Waals surface area contributed by atoms with Crippen molar-refractivity contribution in [3.8, 4) is 5.75 Å². The van der Waals surface area contributed by atoms with Gasteiger partial charge in [-0.2, -0.15) is 0 Å². The van der Waals surface area contributed by atoms with E-state index in [9.17, 15) is 9.59 Å². The van der Waals surface area contributed by atoms with Crippen LogP contribution in [-0.4, -0.2) is 37.3 Å². The van der Waals surface area contributed by atoms with Crippen molar-refractivity contribution in [2.24, 2.45) is 11.8 Å². The normalized spacial score (nSPS) is 21.7. The molecule has 0 aromatic heterocycles. The van der Waals surface area contributed by atoms with E-state index in [4.69, 9.17) is 14.2 Å². The Labute approximate surface area is 174 Å². The fraction of sp³-hybridized carbons (Fsp3) is 0.652. The fourth-order valence-electron chi connectivity index (χ4n) is 3.79. The van der Waals surface area contributed by atoms with Crippen LogP contribution in [-0.2, 0) is 14.3 Å². The topological polar surface area (TPSA) is 73.9 Å². The summed E-state index contributed by atoms with van der Waals surface area (Å²) in [6, 6.07) is 5.08. The minimum atomic E-state index is -0.816. The van der Waals surface area contributed by atoms with Crippen molar-refractivity contribution in [3.05, 3.63) is 23.8 Å². The summed E-state index contributed by atoms with van der Waals surface area (Å²) >= 11 is 0. The van der Waals surface area contributed by atoms with Crippen molar-refractivity contribution in [3.63, 3.8) is 0 Å². The second kappa shape index (κ2) is 10.6. The molecule has 162 valence electrons. The van der Waals surface area contributed by atoms with Crippen molar-refractivity contribution in [2.45, 2.75) is 65.9 Å². The molecule has 1 aliphatic rings. The molecule has 1 amide bonds. The Kier molecular flexibility index (Phi) is 8.50. The summed E-state index contributed by atoms with van der Waals surface area (Å²) in [5.74, 6) is 0.595. The third kappa shape index (κ3) is 6.20. The minimum Gasteiger partial charge on any atom is -0.492 e. The zero-order valence-corrected chi connectivity index (χ0v) is 18.4. The fourth-order valence-corrected chi connectivity index (χ4v) is 3.79. The Bertz CT molecular complexity index is 699. The zero-order chi connectivity index (χ0) is 21.4. The highest BCUT2D eigenvalue weighted by atomic mass is 16.5. The smallest absolute Gasteiger partial charge is 0.341 e. The number of carbonyl (C=O) groups excluding carboxylic acids is 2. The third-order valence-corrected chi connectivity index (χ3v) is 5.10. The standard InChI is InChI=1S/C23H35NO5/c1-6-27-21(25)19-13-18(10-11-20(19)28-15-16(3)4)24-22(26)23(29-7-2)12-8-9-17(5)14-23/h10-11,13,16-17H,6-9,12,14-15H2,1-5H3,(H,24,26). The molecule has 1 fully saturated rings. The Morgan fingerprint density at radius 3 is 2.62 bits per heavy atom. The van der Waals surface area contributed by atoms with Crippen LogP contribution in [0.25, 0.3) is 0 Å². The second-order valence-corrected chi connectivity index (χ2v) is 8.22. The molecule has 2 atom stereocenters. The van der Waals surface area contributed by atoms with E-state index in [1.807, 2.05) is 20.8 Å². The number of hydrogen-bond donors (Lipinski definition) is 1. The van der Waals surface area contributed by atoms with E-state index >= 15 is 0 Å². The molecule has 0 spiro atoms. The van der Waals surface area contributed by atoms with Gasteiger partial charge in [0.05, 0.1) is 13.2 Å². The highest BCUT2D eigenvalue weighted by Crippen LogP contribution is 2.36. The molecule has 1 aromatic carbocycles. The number of anilines is 1. The second-order valence-electron chi connectivity index (χ2n) is 8.22. The molecule has 1 saturated carbocycles. The van der Waals surface area contributed by atoms with Gasteiger partial charge in [0.2, 0.25) is 0 Å². The molecular formula is C23H35NO5. The Balaban J connectivity index is 2.25. The molecule has 0 aliphatic heterocycles. The molecule has 1 aliphatic carbocycles. The summed E-state index contributed by atoms with van der Waals surface area (Å²) in [6.07, 6.45) is 3.48. The van der Waals surface area contributed by atoms with Crippen LogP contribution >= 0.6 is 0 Å². The molecule has 1 aromatic rings. The maximum Gasteiger partial charge on any atom is 0.341 e. The van der Waals surface area contributed by atoms with Gasteiger partial charge in [-0.25, -0.2) is 4.79 Å². The number of hydrogen-bond acceptors (Lipinski definition) is 5. The average molecular weight is 406 g/mol. The molecule has 29 heavy (non-hydrogen) atoms. The number of ether oxygens (including phenoxy) is 3. The maximum absolute atomic E-state index is 13.1. The number of amides is 1. The molecular weight excluding hydrogens is 370 g/mol. The lowest BCUT2D eigenvalue weighted by molar-refractivity contribution is -0.147. The van der Waals surface area contributed by atoms with E-state index in [0.29, 0.717) is 54.9 Å².